The molecule has 0 aliphatic carbocycles. The maximum Gasteiger partial charge on any atom is 0.265 e. The Bertz CT molecular complexity index is 717. The van der Waals surface area contributed by atoms with Crippen LogP contribution in [0.3, 0.4) is 0 Å². The molecule has 0 N–H and O–H groups in total. The first kappa shape index (κ1) is 12.4. The number of benzene rings is 2. The minimum atomic E-state index is -0.265. The number of fused-ring (bicyclic) bond motifs is 1. The summed E-state index contributed by atoms with van der Waals surface area (Å²) in [4.78, 5) is 25.4. The zero-order chi connectivity index (χ0) is 14.1. The van der Waals surface area contributed by atoms with E-state index in [0.717, 1.165) is 11.1 Å². The van der Waals surface area contributed by atoms with Gasteiger partial charge in [-0.3, -0.25) is 9.59 Å². The van der Waals surface area contributed by atoms with Crippen molar-refractivity contribution in [2.24, 2.45) is 0 Å². The molecule has 0 unspecified atom stereocenters. The van der Waals surface area contributed by atoms with E-state index in [4.69, 9.17) is 0 Å². The van der Waals surface area contributed by atoms with E-state index in [2.05, 4.69) is 0 Å². The lowest BCUT2D eigenvalue weighted by molar-refractivity contribution is -0.122. The van der Waals surface area contributed by atoms with Crippen molar-refractivity contribution in [1.82, 2.24) is 0 Å². The van der Waals surface area contributed by atoms with E-state index in [9.17, 15) is 9.59 Å². The summed E-state index contributed by atoms with van der Waals surface area (Å²) < 4.78 is 0. The average molecular weight is 263 g/mol. The molecule has 0 atom stereocenters. The summed E-state index contributed by atoms with van der Waals surface area (Å²) in [7, 11) is 0. The molecule has 1 heterocycles. The molecule has 98 valence electrons. The van der Waals surface area contributed by atoms with Crippen LogP contribution in [0.15, 0.2) is 54.6 Å². The Kier molecular flexibility index (Phi) is 2.95. The summed E-state index contributed by atoms with van der Waals surface area (Å²) in [5.41, 5.74) is 2.96. The average Bonchev–Trinajstić information content (AvgIpc) is 2.73. The molecule has 1 aliphatic heterocycles. The van der Waals surface area contributed by atoms with Crippen molar-refractivity contribution in [3.05, 3.63) is 65.7 Å². The van der Waals surface area contributed by atoms with E-state index < -0.39 is 0 Å². The van der Waals surface area contributed by atoms with Crippen molar-refractivity contribution < 1.29 is 9.59 Å². The fourth-order valence-corrected chi connectivity index (χ4v) is 2.41. The van der Waals surface area contributed by atoms with Crippen LogP contribution in [0.1, 0.15) is 18.1 Å². The highest BCUT2D eigenvalue weighted by atomic mass is 16.2. The molecular formula is C17H13NO2. The number of imide groups is 1. The third-order valence-corrected chi connectivity index (χ3v) is 3.29. The van der Waals surface area contributed by atoms with Gasteiger partial charge in [-0.1, -0.05) is 48.5 Å². The first-order chi connectivity index (χ1) is 9.68. The summed E-state index contributed by atoms with van der Waals surface area (Å²) in [5.74, 6) is -0.526. The molecule has 0 spiro atoms. The second-order valence-corrected chi connectivity index (χ2v) is 4.65. The highest BCUT2D eigenvalue weighted by Crippen LogP contribution is 2.37. The topological polar surface area (TPSA) is 37.4 Å². The van der Waals surface area contributed by atoms with Crippen molar-refractivity contribution in [2.75, 3.05) is 4.90 Å². The maximum absolute atomic E-state index is 12.4. The molecule has 0 fully saturated rings. The highest BCUT2D eigenvalue weighted by molar-refractivity contribution is 6.41. The number of hydrogen-bond acceptors (Lipinski definition) is 2. The van der Waals surface area contributed by atoms with Crippen LogP contribution >= 0.6 is 0 Å². The molecule has 1 aliphatic rings. The van der Waals surface area contributed by atoms with Crippen LogP contribution < -0.4 is 4.90 Å². The quantitative estimate of drug-likeness (QED) is 0.741. The first-order valence-corrected chi connectivity index (χ1v) is 6.39. The van der Waals surface area contributed by atoms with Gasteiger partial charge >= 0.3 is 0 Å². The number of anilines is 1. The van der Waals surface area contributed by atoms with E-state index >= 15 is 0 Å². The van der Waals surface area contributed by atoms with Gasteiger partial charge in [-0.05, 0) is 17.7 Å². The number of carbonyl (C=O) groups is 2. The second-order valence-electron chi connectivity index (χ2n) is 4.65. The molecule has 0 aromatic heterocycles. The van der Waals surface area contributed by atoms with Crippen molar-refractivity contribution in [2.45, 2.75) is 6.92 Å². The Hall–Kier alpha value is -2.68. The zero-order valence-corrected chi connectivity index (χ0v) is 11.0. The van der Waals surface area contributed by atoms with Gasteiger partial charge in [-0.2, -0.15) is 0 Å². The summed E-state index contributed by atoms with van der Waals surface area (Å²) in [6, 6.07) is 17.0. The van der Waals surface area contributed by atoms with E-state index in [0.29, 0.717) is 11.3 Å². The van der Waals surface area contributed by atoms with Crippen LogP contribution in [0, 0.1) is 0 Å². The number of rotatable bonds is 1. The molecule has 0 saturated heterocycles. The Morgan fingerprint density at radius 2 is 1.65 bits per heavy atom. The van der Waals surface area contributed by atoms with E-state index in [1.165, 1.54) is 11.8 Å². The number of para-hydroxylation sites is 1. The Balaban J connectivity index is 2.16. The van der Waals surface area contributed by atoms with Gasteiger partial charge in [0.05, 0.1) is 11.3 Å². The molecule has 2 aromatic carbocycles. The predicted molar refractivity (Wildman–Crippen MR) is 78.9 cm³/mol. The van der Waals surface area contributed by atoms with Gasteiger partial charge in [0.25, 0.3) is 5.91 Å². The normalized spacial score (nSPS) is 15.6. The zero-order valence-electron chi connectivity index (χ0n) is 11.0. The third-order valence-electron chi connectivity index (χ3n) is 3.29. The van der Waals surface area contributed by atoms with Gasteiger partial charge in [0.2, 0.25) is 5.91 Å². The second kappa shape index (κ2) is 4.78. The molecule has 20 heavy (non-hydrogen) atoms. The molecule has 2 aromatic rings. The van der Waals surface area contributed by atoms with Gasteiger partial charge in [0, 0.05) is 12.5 Å². The van der Waals surface area contributed by atoms with Crippen molar-refractivity contribution in [3.8, 4) is 0 Å². The molecule has 3 heteroatoms. The number of nitrogens with zero attached hydrogens (tertiary/aromatic N) is 1. The van der Waals surface area contributed by atoms with E-state index in [-0.39, 0.29) is 11.8 Å². The maximum atomic E-state index is 12.4. The van der Waals surface area contributed by atoms with Crippen LogP contribution in [0.2, 0.25) is 0 Å². The van der Waals surface area contributed by atoms with Gasteiger partial charge in [-0.25, -0.2) is 4.90 Å². The lowest BCUT2D eigenvalue weighted by Gasteiger charge is -2.11. The SMILES string of the molecule is CC(=O)N1C(=O)C(=Cc2ccccc2)c2ccccc21. The Morgan fingerprint density at radius 3 is 2.35 bits per heavy atom. The largest absolute Gasteiger partial charge is 0.274 e. The summed E-state index contributed by atoms with van der Waals surface area (Å²) >= 11 is 0. The summed E-state index contributed by atoms with van der Waals surface area (Å²) in [5, 5.41) is 0. The van der Waals surface area contributed by atoms with Crippen LogP contribution in [-0.4, -0.2) is 11.8 Å². The Morgan fingerprint density at radius 1 is 1.00 bits per heavy atom. The standard InChI is InChI=1S/C17H13NO2/c1-12(19)18-16-10-6-5-9-14(16)15(17(18)20)11-13-7-3-2-4-8-13/h2-11H,1H3. The minimum absolute atomic E-state index is 0.262. The van der Waals surface area contributed by atoms with Gasteiger partial charge in [0.15, 0.2) is 0 Å². The monoisotopic (exact) mass is 263 g/mol. The molecule has 3 rings (SSSR count). The van der Waals surface area contributed by atoms with E-state index in [1.54, 1.807) is 6.07 Å². The van der Waals surface area contributed by atoms with Crippen LogP contribution in [0.5, 0.6) is 0 Å². The highest BCUT2D eigenvalue weighted by Gasteiger charge is 2.34. The van der Waals surface area contributed by atoms with Gasteiger partial charge < -0.3 is 0 Å². The number of amides is 2. The van der Waals surface area contributed by atoms with Crippen molar-refractivity contribution in [3.63, 3.8) is 0 Å². The third kappa shape index (κ3) is 1.93. The van der Waals surface area contributed by atoms with Gasteiger partial charge in [-0.15, -0.1) is 0 Å². The molecule has 2 amide bonds. The van der Waals surface area contributed by atoms with Crippen LogP contribution in [-0.2, 0) is 9.59 Å². The Labute approximate surface area is 117 Å². The van der Waals surface area contributed by atoms with Crippen molar-refractivity contribution >= 4 is 29.2 Å². The van der Waals surface area contributed by atoms with Crippen LogP contribution in [0.25, 0.3) is 11.6 Å². The molecule has 0 bridgehead atoms. The molecular weight excluding hydrogens is 250 g/mol. The fraction of sp³-hybridized carbons (Fsp3) is 0.0588. The summed E-state index contributed by atoms with van der Waals surface area (Å²) in [6.07, 6.45) is 1.82. The van der Waals surface area contributed by atoms with Gasteiger partial charge in [0.1, 0.15) is 0 Å². The lowest BCUT2D eigenvalue weighted by atomic mass is 10.0. The van der Waals surface area contributed by atoms with E-state index in [1.807, 2.05) is 54.6 Å². The van der Waals surface area contributed by atoms with Crippen LogP contribution in [0.4, 0.5) is 5.69 Å². The molecule has 0 radical (unpaired) electrons. The van der Waals surface area contributed by atoms with Crippen molar-refractivity contribution in [1.29, 1.82) is 0 Å². The summed E-state index contributed by atoms with van der Waals surface area (Å²) in [6.45, 7) is 1.40. The molecule has 0 saturated carbocycles. The smallest absolute Gasteiger partial charge is 0.265 e. The fourth-order valence-electron chi connectivity index (χ4n) is 2.41. The first-order valence-electron chi connectivity index (χ1n) is 6.39. The minimum Gasteiger partial charge on any atom is -0.274 e. The number of carbonyl (C=O) groups excluding carboxylic acids is 2. The predicted octanol–water partition coefficient (Wildman–Crippen LogP) is 3.12. The molecule has 3 nitrogen and oxygen atoms in total. The lowest BCUT2D eigenvalue weighted by Crippen LogP contribution is -2.30. The number of hydrogen-bond donors (Lipinski definition) is 0.